The summed E-state index contributed by atoms with van der Waals surface area (Å²) in [5, 5.41) is 9.28. The molecule has 2 heterocycles. The summed E-state index contributed by atoms with van der Waals surface area (Å²) in [5.74, 6) is 5.47. The number of fused-ring (bicyclic) bond motifs is 1. The van der Waals surface area contributed by atoms with Gasteiger partial charge in [-0.15, -0.1) is 0 Å². The molecule has 2 rings (SSSR count). The Balaban J connectivity index is 2.48. The summed E-state index contributed by atoms with van der Waals surface area (Å²) in [7, 11) is -2.32. The minimum Gasteiger partial charge on any atom is -0.393 e. The Hall–Kier alpha value is -1.68. The number of nitrogens with two attached hydrogens (primary N) is 1. The second-order valence-corrected chi connectivity index (χ2v) is 6.76. The van der Waals surface area contributed by atoms with Crippen molar-refractivity contribution in [2.75, 3.05) is 19.0 Å². The van der Waals surface area contributed by atoms with Crippen LogP contribution in [0.3, 0.4) is 0 Å². The lowest BCUT2D eigenvalue weighted by Gasteiger charge is -2.18. The van der Waals surface area contributed by atoms with Crippen LogP contribution in [0.5, 0.6) is 0 Å². The summed E-state index contributed by atoms with van der Waals surface area (Å²) in [4.78, 5) is 4.15. The van der Waals surface area contributed by atoms with Gasteiger partial charge in [0.1, 0.15) is 5.65 Å². The van der Waals surface area contributed by atoms with Crippen LogP contribution in [0.2, 0.25) is 0 Å². The highest BCUT2D eigenvalue weighted by Gasteiger charge is 2.29. The molecule has 0 radical (unpaired) electrons. The minimum atomic E-state index is -3.78. The molecule has 1 unspecified atom stereocenters. The second-order valence-electron chi connectivity index (χ2n) is 4.80. The monoisotopic (exact) mass is 313 g/mol. The van der Waals surface area contributed by atoms with Gasteiger partial charge in [-0.25, -0.2) is 19.2 Å². The van der Waals surface area contributed by atoms with Crippen LogP contribution in [0.4, 0.5) is 5.82 Å². The van der Waals surface area contributed by atoms with E-state index in [1.54, 1.807) is 31.3 Å². The van der Waals surface area contributed by atoms with E-state index in [2.05, 4.69) is 10.4 Å². The third-order valence-corrected chi connectivity index (χ3v) is 5.02. The molecule has 0 aliphatic rings. The first-order valence-corrected chi connectivity index (χ1v) is 7.90. The first-order chi connectivity index (χ1) is 9.87. The van der Waals surface area contributed by atoms with Gasteiger partial charge < -0.3 is 10.5 Å². The van der Waals surface area contributed by atoms with Crippen molar-refractivity contribution in [3.05, 3.63) is 24.4 Å². The molecule has 8 nitrogen and oxygen atoms in total. The van der Waals surface area contributed by atoms with Gasteiger partial charge in [0.2, 0.25) is 5.03 Å². The largest absolute Gasteiger partial charge is 0.393 e. The number of imidazole rings is 1. The molecule has 1 atom stereocenters. The van der Waals surface area contributed by atoms with Crippen LogP contribution in [-0.2, 0) is 10.0 Å². The van der Waals surface area contributed by atoms with Crippen molar-refractivity contribution in [2.24, 2.45) is 5.84 Å². The molecule has 2 aromatic rings. The molecule has 0 saturated heterocycles. The van der Waals surface area contributed by atoms with Crippen molar-refractivity contribution in [1.29, 1.82) is 0 Å². The minimum absolute atomic E-state index is 0.0197. The van der Waals surface area contributed by atoms with Gasteiger partial charge >= 0.3 is 0 Å². The summed E-state index contributed by atoms with van der Waals surface area (Å²) in [6, 6.07) is 5.16. The summed E-state index contributed by atoms with van der Waals surface area (Å²) >= 11 is 0. The molecule has 4 N–H and O–H groups in total. The molecule has 0 amide bonds. The van der Waals surface area contributed by atoms with Crippen molar-refractivity contribution >= 4 is 21.5 Å². The summed E-state index contributed by atoms with van der Waals surface area (Å²) in [6.45, 7) is 1.81. The number of hydrogen-bond donors (Lipinski definition) is 3. The number of sulfonamides is 1. The van der Waals surface area contributed by atoms with Crippen LogP contribution >= 0.6 is 0 Å². The lowest BCUT2D eigenvalue weighted by molar-refractivity contribution is 0.177. The Labute approximate surface area is 123 Å². The average molecular weight is 313 g/mol. The molecular weight excluding hydrogens is 294 g/mol. The second kappa shape index (κ2) is 5.98. The van der Waals surface area contributed by atoms with Crippen LogP contribution in [0, 0.1) is 0 Å². The third kappa shape index (κ3) is 3.00. The Morgan fingerprint density at radius 1 is 1.52 bits per heavy atom. The maximum Gasteiger partial charge on any atom is 0.262 e. The van der Waals surface area contributed by atoms with Crippen molar-refractivity contribution in [3.63, 3.8) is 0 Å². The van der Waals surface area contributed by atoms with E-state index in [9.17, 15) is 13.5 Å². The predicted molar refractivity (Wildman–Crippen MR) is 79.1 cm³/mol. The van der Waals surface area contributed by atoms with Gasteiger partial charge in [-0.05, 0) is 25.5 Å². The molecule has 116 valence electrons. The van der Waals surface area contributed by atoms with E-state index in [0.717, 1.165) is 0 Å². The normalized spacial score (nSPS) is 13.8. The molecule has 0 bridgehead atoms. The third-order valence-electron chi connectivity index (χ3n) is 3.14. The fourth-order valence-electron chi connectivity index (χ4n) is 1.95. The predicted octanol–water partition coefficient (Wildman–Crippen LogP) is 0.0113. The Morgan fingerprint density at radius 3 is 2.86 bits per heavy atom. The Bertz CT molecular complexity index is 726. The molecule has 9 heteroatoms. The highest BCUT2D eigenvalue weighted by atomic mass is 32.2. The van der Waals surface area contributed by atoms with Crippen LogP contribution in [0.15, 0.2) is 29.4 Å². The molecule has 21 heavy (non-hydrogen) atoms. The number of nitrogens with one attached hydrogen (secondary N) is 1. The van der Waals surface area contributed by atoms with Gasteiger partial charge in [0.05, 0.1) is 6.10 Å². The Morgan fingerprint density at radius 2 is 2.24 bits per heavy atom. The molecule has 0 fully saturated rings. The van der Waals surface area contributed by atoms with Crippen molar-refractivity contribution in [3.8, 4) is 0 Å². The maximum absolute atomic E-state index is 12.7. The highest BCUT2D eigenvalue weighted by molar-refractivity contribution is 7.89. The van der Waals surface area contributed by atoms with Crippen LogP contribution in [-0.4, -0.2) is 46.9 Å². The summed E-state index contributed by atoms with van der Waals surface area (Å²) in [5.41, 5.74) is 2.80. The molecule has 0 aliphatic carbocycles. The zero-order chi connectivity index (χ0) is 15.6. The van der Waals surface area contributed by atoms with Crippen LogP contribution in [0.25, 0.3) is 5.65 Å². The number of aromatic nitrogens is 2. The molecule has 0 aliphatic heterocycles. The number of nitrogen functional groups attached to an aromatic ring is 1. The molecule has 0 aromatic carbocycles. The lowest BCUT2D eigenvalue weighted by atomic mass is 10.3. The average Bonchev–Trinajstić information content (AvgIpc) is 2.83. The van der Waals surface area contributed by atoms with Gasteiger partial charge in [-0.3, -0.25) is 4.40 Å². The smallest absolute Gasteiger partial charge is 0.262 e. The van der Waals surface area contributed by atoms with Crippen LogP contribution in [0.1, 0.15) is 13.3 Å². The Kier molecular flexibility index (Phi) is 4.47. The van der Waals surface area contributed by atoms with E-state index in [4.69, 9.17) is 5.84 Å². The van der Waals surface area contributed by atoms with Crippen LogP contribution < -0.4 is 11.3 Å². The zero-order valence-corrected chi connectivity index (χ0v) is 12.7. The number of aliphatic hydroxyl groups is 1. The number of hydrogen-bond acceptors (Lipinski definition) is 6. The van der Waals surface area contributed by atoms with E-state index in [-0.39, 0.29) is 17.4 Å². The van der Waals surface area contributed by atoms with Gasteiger partial charge in [0.25, 0.3) is 10.0 Å². The first-order valence-electron chi connectivity index (χ1n) is 6.46. The van der Waals surface area contributed by atoms with Crippen molar-refractivity contribution in [1.82, 2.24) is 13.7 Å². The molecular formula is C12H19N5O3S. The van der Waals surface area contributed by atoms with Crippen molar-refractivity contribution in [2.45, 2.75) is 24.5 Å². The summed E-state index contributed by atoms with van der Waals surface area (Å²) in [6.07, 6.45) is 1.38. The van der Waals surface area contributed by atoms with E-state index in [1.165, 1.54) is 15.8 Å². The number of hydrazine groups is 1. The van der Waals surface area contributed by atoms with Crippen molar-refractivity contribution < 1.29 is 13.5 Å². The number of nitrogens with zero attached hydrogens (tertiary/aromatic N) is 3. The summed E-state index contributed by atoms with van der Waals surface area (Å²) < 4.78 is 28.0. The lowest BCUT2D eigenvalue weighted by Crippen LogP contribution is -2.31. The zero-order valence-electron chi connectivity index (χ0n) is 11.9. The highest BCUT2D eigenvalue weighted by Crippen LogP contribution is 2.24. The van der Waals surface area contributed by atoms with Gasteiger partial charge in [0, 0.05) is 19.8 Å². The van der Waals surface area contributed by atoms with Gasteiger partial charge in [-0.2, -0.15) is 4.31 Å². The fourth-order valence-corrected chi connectivity index (χ4v) is 3.34. The topological polar surface area (TPSA) is 113 Å². The first kappa shape index (κ1) is 15.7. The number of pyridine rings is 1. The molecule has 2 aromatic heterocycles. The standard InChI is InChI=1S/C12H19N5O3S/c1-9(18)6-8-16(2)21(19,20)12-11(15-13)14-10-5-3-4-7-17(10)12/h3-5,7,9,15,18H,6,8,13H2,1-2H3. The fraction of sp³-hybridized carbons (Fsp3) is 0.417. The maximum atomic E-state index is 12.7. The van der Waals surface area contributed by atoms with Gasteiger partial charge in [0.15, 0.2) is 5.82 Å². The quantitative estimate of drug-likeness (QED) is 0.511. The molecule has 0 saturated carbocycles. The molecule has 0 spiro atoms. The van der Waals surface area contributed by atoms with E-state index < -0.39 is 16.1 Å². The van der Waals surface area contributed by atoms with E-state index in [1.807, 2.05) is 0 Å². The number of anilines is 1. The number of aliphatic hydroxyl groups excluding tert-OH is 1. The van der Waals surface area contributed by atoms with E-state index in [0.29, 0.717) is 12.1 Å². The van der Waals surface area contributed by atoms with E-state index >= 15 is 0 Å². The SMILES string of the molecule is CC(O)CCN(C)S(=O)(=O)c1c(NN)nc2ccccn12. The number of rotatable bonds is 6. The van der Waals surface area contributed by atoms with Gasteiger partial charge in [-0.1, -0.05) is 6.07 Å².